The van der Waals surface area contributed by atoms with Gasteiger partial charge < -0.3 is 15.2 Å². The van der Waals surface area contributed by atoms with Crippen molar-refractivity contribution in [3.8, 4) is 0 Å². The molecule has 0 fully saturated rings. The summed E-state index contributed by atoms with van der Waals surface area (Å²) in [7, 11) is 0. The van der Waals surface area contributed by atoms with Gasteiger partial charge in [0.25, 0.3) is 0 Å². The average molecular weight is 259 g/mol. The van der Waals surface area contributed by atoms with Crippen molar-refractivity contribution >= 4 is 0 Å². The Morgan fingerprint density at radius 2 is 1.84 bits per heavy atom. The quantitative estimate of drug-likeness (QED) is 0.744. The molecule has 0 aliphatic carbocycles. The van der Waals surface area contributed by atoms with Gasteiger partial charge in [-0.3, -0.25) is 0 Å². The molecule has 1 aromatic carbocycles. The number of benzene rings is 1. The van der Waals surface area contributed by atoms with Crippen molar-refractivity contribution in [2.24, 2.45) is 0 Å². The SMILES string of the molecule is Cc1ccc(CC(CO)(CCO)c2ccc[nH]2)cc1. The molecule has 102 valence electrons. The van der Waals surface area contributed by atoms with Crippen LogP contribution in [0.1, 0.15) is 23.2 Å². The number of hydrogen-bond acceptors (Lipinski definition) is 2. The van der Waals surface area contributed by atoms with E-state index in [-0.39, 0.29) is 13.2 Å². The second-order valence-electron chi connectivity index (χ2n) is 5.16. The summed E-state index contributed by atoms with van der Waals surface area (Å²) in [5.41, 5.74) is 2.93. The van der Waals surface area contributed by atoms with Crippen molar-refractivity contribution in [1.29, 1.82) is 0 Å². The molecule has 2 rings (SSSR count). The summed E-state index contributed by atoms with van der Waals surface area (Å²) in [6.07, 6.45) is 3.11. The van der Waals surface area contributed by atoms with Crippen LogP contribution in [0.4, 0.5) is 0 Å². The molecule has 1 heterocycles. The van der Waals surface area contributed by atoms with Crippen LogP contribution in [0.15, 0.2) is 42.6 Å². The van der Waals surface area contributed by atoms with Gasteiger partial charge in [0, 0.05) is 23.9 Å². The number of aromatic amines is 1. The second-order valence-corrected chi connectivity index (χ2v) is 5.16. The van der Waals surface area contributed by atoms with E-state index in [9.17, 15) is 10.2 Å². The number of rotatable bonds is 6. The zero-order valence-electron chi connectivity index (χ0n) is 11.3. The summed E-state index contributed by atoms with van der Waals surface area (Å²) in [6.45, 7) is 2.13. The van der Waals surface area contributed by atoms with E-state index in [2.05, 4.69) is 36.2 Å². The number of aliphatic hydroxyl groups excluding tert-OH is 2. The van der Waals surface area contributed by atoms with Crippen molar-refractivity contribution in [1.82, 2.24) is 4.98 Å². The highest BCUT2D eigenvalue weighted by Crippen LogP contribution is 2.30. The van der Waals surface area contributed by atoms with Gasteiger partial charge in [0.1, 0.15) is 0 Å². The van der Waals surface area contributed by atoms with Crippen LogP contribution in [0.5, 0.6) is 0 Å². The summed E-state index contributed by atoms with van der Waals surface area (Å²) in [5, 5.41) is 19.2. The molecule has 3 N–H and O–H groups in total. The maximum Gasteiger partial charge on any atom is 0.0546 e. The molecule has 19 heavy (non-hydrogen) atoms. The Morgan fingerprint density at radius 1 is 1.11 bits per heavy atom. The smallest absolute Gasteiger partial charge is 0.0546 e. The first kappa shape index (κ1) is 13.8. The van der Waals surface area contributed by atoms with Crippen LogP contribution in [-0.2, 0) is 11.8 Å². The lowest BCUT2D eigenvalue weighted by Gasteiger charge is -2.31. The van der Waals surface area contributed by atoms with Crippen LogP contribution in [0.25, 0.3) is 0 Å². The van der Waals surface area contributed by atoms with Crippen LogP contribution in [0.3, 0.4) is 0 Å². The monoisotopic (exact) mass is 259 g/mol. The highest BCUT2D eigenvalue weighted by molar-refractivity contribution is 5.27. The van der Waals surface area contributed by atoms with Gasteiger partial charge in [0.05, 0.1) is 6.61 Å². The summed E-state index contributed by atoms with van der Waals surface area (Å²) in [4.78, 5) is 3.17. The number of aliphatic hydroxyl groups is 2. The lowest BCUT2D eigenvalue weighted by Crippen LogP contribution is -2.35. The highest BCUT2D eigenvalue weighted by atomic mass is 16.3. The fourth-order valence-electron chi connectivity index (χ4n) is 2.51. The van der Waals surface area contributed by atoms with E-state index in [0.717, 1.165) is 5.69 Å². The van der Waals surface area contributed by atoms with E-state index < -0.39 is 5.41 Å². The maximum atomic E-state index is 9.86. The van der Waals surface area contributed by atoms with E-state index in [1.165, 1.54) is 11.1 Å². The van der Waals surface area contributed by atoms with Crippen LogP contribution < -0.4 is 0 Å². The van der Waals surface area contributed by atoms with Crippen molar-refractivity contribution in [2.45, 2.75) is 25.2 Å². The molecule has 3 nitrogen and oxygen atoms in total. The minimum absolute atomic E-state index is 0.0158. The van der Waals surface area contributed by atoms with E-state index in [1.54, 1.807) is 0 Å². The van der Waals surface area contributed by atoms with Gasteiger partial charge in [-0.05, 0) is 37.5 Å². The molecule has 0 saturated heterocycles. The summed E-state index contributed by atoms with van der Waals surface area (Å²) < 4.78 is 0. The molecule has 0 amide bonds. The first-order chi connectivity index (χ1) is 9.20. The third-order valence-electron chi connectivity index (χ3n) is 3.73. The Balaban J connectivity index is 2.30. The maximum absolute atomic E-state index is 9.86. The number of H-pyrrole nitrogens is 1. The van der Waals surface area contributed by atoms with Crippen LogP contribution in [-0.4, -0.2) is 28.4 Å². The summed E-state index contributed by atoms with van der Waals surface area (Å²) in [6, 6.07) is 12.2. The van der Waals surface area contributed by atoms with Gasteiger partial charge in [-0.15, -0.1) is 0 Å². The van der Waals surface area contributed by atoms with Gasteiger partial charge in [-0.2, -0.15) is 0 Å². The van der Waals surface area contributed by atoms with Crippen LogP contribution >= 0.6 is 0 Å². The van der Waals surface area contributed by atoms with Gasteiger partial charge in [0.15, 0.2) is 0 Å². The molecule has 0 aliphatic heterocycles. The lowest BCUT2D eigenvalue weighted by molar-refractivity contribution is 0.148. The largest absolute Gasteiger partial charge is 0.396 e. The van der Waals surface area contributed by atoms with Gasteiger partial charge in [0.2, 0.25) is 0 Å². The van der Waals surface area contributed by atoms with E-state index >= 15 is 0 Å². The zero-order valence-corrected chi connectivity index (χ0v) is 11.3. The standard InChI is InChI=1S/C16H21NO2/c1-13-4-6-14(7-5-13)11-16(12-19,8-10-18)15-3-2-9-17-15/h2-7,9,17-19H,8,10-12H2,1H3. The molecule has 1 unspecified atom stereocenters. The fraction of sp³-hybridized carbons (Fsp3) is 0.375. The minimum Gasteiger partial charge on any atom is -0.396 e. The first-order valence-corrected chi connectivity index (χ1v) is 6.61. The molecule has 1 aromatic heterocycles. The predicted octanol–water partition coefficient (Wildman–Crippen LogP) is 2.18. The molecule has 0 spiro atoms. The second kappa shape index (κ2) is 6.04. The molecule has 3 heteroatoms. The fourth-order valence-corrected chi connectivity index (χ4v) is 2.51. The lowest BCUT2D eigenvalue weighted by atomic mass is 9.76. The van der Waals surface area contributed by atoms with Crippen molar-refractivity contribution < 1.29 is 10.2 Å². The van der Waals surface area contributed by atoms with Crippen LogP contribution in [0.2, 0.25) is 0 Å². The van der Waals surface area contributed by atoms with Gasteiger partial charge in [-0.1, -0.05) is 29.8 Å². The third-order valence-corrected chi connectivity index (χ3v) is 3.73. The van der Waals surface area contributed by atoms with Crippen molar-refractivity contribution in [2.75, 3.05) is 13.2 Å². The molecule has 0 bridgehead atoms. The molecule has 1 atom stereocenters. The normalized spacial score (nSPS) is 14.3. The summed E-state index contributed by atoms with van der Waals surface area (Å²) in [5.74, 6) is 0. The van der Waals surface area contributed by atoms with Crippen molar-refractivity contribution in [3.63, 3.8) is 0 Å². The van der Waals surface area contributed by atoms with Crippen LogP contribution in [0, 0.1) is 6.92 Å². The van der Waals surface area contributed by atoms with Gasteiger partial charge >= 0.3 is 0 Å². The minimum atomic E-state index is -0.437. The summed E-state index contributed by atoms with van der Waals surface area (Å²) >= 11 is 0. The molecule has 2 aromatic rings. The Morgan fingerprint density at radius 3 is 2.37 bits per heavy atom. The number of nitrogens with one attached hydrogen (secondary N) is 1. The number of aryl methyl sites for hydroxylation is 1. The zero-order chi connectivity index (χ0) is 13.7. The number of aromatic nitrogens is 1. The Labute approximate surface area is 113 Å². The Bertz CT molecular complexity index is 490. The molecular weight excluding hydrogens is 238 g/mol. The van der Waals surface area contributed by atoms with E-state index in [1.807, 2.05) is 18.3 Å². The molecule has 0 aliphatic rings. The van der Waals surface area contributed by atoms with E-state index in [4.69, 9.17) is 0 Å². The predicted molar refractivity (Wildman–Crippen MR) is 76.1 cm³/mol. The van der Waals surface area contributed by atoms with Gasteiger partial charge in [-0.25, -0.2) is 0 Å². The third kappa shape index (κ3) is 3.06. The Kier molecular flexibility index (Phi) is 4.40. The van der Waals surface area contributed by atoms with Crippen molar-refractivity contribution in [3.05, 3.63) is 59.4 Å². The molecular formula is C16H21NO2. The number of hydrogen-bond donors (Lipinski definition) is 3. The van der Waals surface area contributed by atoms with E-state index in [0.29, 0.717) is 12.8 Å². The first-order valence-electron chi connectivity index (χ1n) is 6.61. The topological polar surface area (TPSA) is 56.2 Å². The Hall–Kier alpha value is -1.58. The average Bonchev–Trinajstić information content (AvgIpc) is 2.95. The molecule has 0 radical (unpaired) electrons. The molecule has 0 saturated carbocycles. The highest BCUT2D eigenvalue weighted by Gasteiger charge is 2.32.